The van der Waals surface area contributed by atoms with E-state index in [-0.39, 0.29) is 17.0 Å². The molecule has 0 radical (unpaired) electrons. The molecule has 28 heavy (non-hydrogen) atoms. The van der Waals surface area contributed by atoms with Gasteiger partial charge in [-0.25, -0.2) is 17.5 Å². The van der Waals surface area contributed by atoms with E-state index in [9.17, 15) is 12.8 Å². The first-order chi connectivity index (χ1) is 13.4. The predicted octanol–water partition coefficient (Wildman–Crippen LogP) is 2.13. The zero-order chi connectivity index (χ0) is 20.0. The van der Waals surface area contributed by atoms with Crippen LogP contribution in [0.5, 0.6) is 0 Å². The van der Waals surface area contributed by atoms with Gasteiger partial charge < -0.3 is 10.6 Å². The molecular formula is C20H31FN4O2S. The summed E-state index contributed by atoms with van der Waals surface area (Å²) < 4.78 is 40.5. The summed E-state index contributed by atoms with van der Waals surface area (Å²) in [7, 11) is -3.28. The fourth-order valence-electron chi connectivity index (χ4n) is 3.40. The normalized spacial score (nSPS) is 19.1. The molecule has 1 aromatic carbocycles. The molecule has 2 saturated carbocycles. The molecule has 2 aliphatic rings. The monoisotopic (exact) mass is 410 g/mol. The summed E-state index contributed by atoms with van der Waals surface area (Å²) in [6, 6.07) is 6.73. The van der Waals surface area contributed by atoms with Crippen molar-refractivity contribution in [3.63, 3.8) is 0 Å². The van der Waals surface area contributed by atoms with Gasteiger partial charge in [-0.3, -0.25) is 4.99 Å². The van der Waals surface area contributed by atoms with Crippen LogP contribution in [0.15, 0.2) is 29.3 Å². The molecule has 0 aromatic heterocycles. The van der Waals surface area contributed by atoms with Crippen LogP contribution in [0.4, 0.5) is 4.39 Å². The van der Waals surface area contributed by atoms with Crippen molar-refractivity contribution >= 4 is 16.0 Å². The van der Waals surface area contributed by atoms with Crippen LogP contribution >= 0.6 is 0 Å². The van der Waals surface area contributed by atoms with E-state index in [2.05, 4.69) is 20.3 Å². The Hall–Kier alpha value is -1.67. The first-order valence-electron chi connectivity index (χ1n) is 10.2. The largest absolute Gasteiger partial charge is 0.357 e. The quantitative estimate of drug-likeness (QED) is 0.408. The number of benzene rings is 1. The van der Waals surface area contributed by atoms with Crippen LogP contribution < -0.4 is 15.4 Å². The second-order valence-electron chi connectivity index (χ2n) is 7.88. The standard InChI is InChI=1S/C20H31FN4O2S/c1-2-22-19(23-11-12-28(26,27)25-14-16-5-3-6-16)24-15-20(9-10-20)17-7-4-8-18(21)13-17/h4,7-8,13,16,25H,2-3,5-6,9-12,14-15H2,1H3,(H2,22,23,24). The summed E-state index contributed by atoms with van der Waals surface area (Å²) in [5, 5.41) is 6.25. The number of hydrogen-bond acceptors (Lipinski definition) is 3. The molecule has 0 heterocycles. The number of sulfonamides is 1. The number of guanidine groups is 1. The average Bonchev–Trinajstić information content (AvgIpc) is 3.39. The lowest BCUT2D eigenvalue weighted by atomic mass is 9.86. The van der Waals surface area contributed by atoms with Gasteiger partial charge in [-0.2, -0.15) is 0 Å². The van der Waals surface area contributed by atoms with Crippen LogP contribution in [0, 0.1) is 11.7 Å². The van der Waals surface area contributed by atoms with Crippen molar-refractivity contribution in [1.29, 1.82) is 0 Å². The Balaban J connectivity index is 1.50. The molecule has 0 aliphatic heterocycles. The van der Waals surface area contributed by atoms with Gasteiger partial charge in [0.2, 0.25) is 10.0 Å². The first-order valence-corrected chi connectivity index (χ1v) is 11.8. The van der Waals surface area contributed by atoms with Crippen molar-refractivity contribution in [2.45, 2.75) is 44.4 Å². The lowest BCUT2D eigenvalue weighted by Gasteiger charge is -2.25. The van der Waals surface area contributed by atoms with Crippen LogP contribution in [0.3, 0.4) is 0 Å². The van der Waals surface area contributed by atoms with E-state index in [1.807, 2.05) is 13.0 Å². The third-order valence-corrected chi connectivity index (χ3v) is 7.00. The number of rotatable bonds is 10. The van der Waals surface area contributed by atoms with E-state index in [0.29, 0.717) is 38.1 Å². The Morgan fingerprint density at radius 1 is 1.29 bits per heavy atom. The third-order valence-electron chi connectivity index (χ3n) is 5.65. The van der Waals surface area contributed by atoms with Crippen LogP contribution in [0.25, 0.3) is 0 Å². The van der Waals surface area contributed by atoms with E-state index >= 15 is 0 Å². The van der Waals surface area contributed by atoms with Gasteiger partial charge in [-0.1, -0.05) is 18.6 Å². The molecule has 156 valence electrons. The Kier molecular flexibility index (Phi) is 6.93. The van der Waals surface area contributed by atoms with Crippen molar-refractivity contribution in [2.75, 3.05) is 31.9 Å². The minimum absolute atomic E-state index is 0.0131. The minimum Gasteiger partial charge on any atom is -0.357 e. The van der Waals surface area contributed by atoms with Crippen molar-refractivity contribution in [3.8, 4) is 0 Å². The van der Waals surface area contributed by atoms with Crippen LogP contribution in [-0.4, -0.2) is 46.3 Å². The molecule has 0 bridgehead atoms. The first kappa shape index (κ1) is 21.0. The van der Waals surface area contributed by atoms with Gasteiger partial charge in [-0.05, 0) is 56.2 Å². The number of halogens is 1. The Morgan fingerprint density at radius 2 is 2.07 bits per heavy atom. The maximum Gasteiger partial charge on any atom is 0.213 e. The van der Waals surface area contributed by atoms with Gasteiger partial charge in [0.25, 0.3) is 0 Å². The third kappa shape index (κ3) is 5.91. The van der Waals surface area contributed by atoms with E-state index in [1.165, 1.54) is 12.5 Å². The van der Waals surface area contributed by atoms with E-state index in [1.54, 1.807) is 12.1 Å². The zero-order valence-electron chi connectivity index (χ0n) is 16.5. The second kappa shape index (κ2) is 9.22. The molecular weight excluding hydrogens is 379 g/mol. The fourth-order valence-corrected chi connectivity index (χ4v) is 4.40. The summed E-state index contributed by atoms with van der Waals surface area (Å²) in [6.07, 6.45) is 5.40. The number of nitrogens with zero attached hydrogens (tertiary/aromatic N) is 1. The van der Waals surface area contributed by atoms with Gasteiger partial charge in [0, 0.05) is 25.0 Å². The molecule has 3 N–H and O–H groups in total. The molecule has 6 nitrogen and oxygen atoms in total. The fraction of sp³-hybridized carbons (Fsp3) is 0.650. The maximum atomic E-state index is 13.5. The predicted molar refractivity (Wildman–Crippen MR) is 110 cm³/mol. The summed E-state index contributed by atoms with van der Waals surface area (Å²) in [4.78, 5) is 4.63. The molecule has 0 saturated heterocycles. The summed E-state index contributed by atoms with van der Waals surface area (Å²) in [6.45, 7) is 4.04. The SMILES string of the molecule is CCNC(=NCC1(c2cccc(F)c2)CC1)NCCS(=O)(=O)NCC1CCC1. The molecule has 0 atom stereocenters. The highest BCUT2D eigenvalue weighted by Gasteiger charge is 2.44. The molecule has 1 aromatic rings. The van der Waals surface area contributed by atoms with Crippen LogP contribution in [0.1, 0.15) is 44.6 Å². The molecule has 0 amide bonds. The van der Waals surface area contributed by atoms with Gasteiger partial charge in [-0.15, -0.1) is 0 Å². The summed E-state index contributed by atoms with van der Waals surface area (Å²) in [5.74, 6) is 0.884. The highest BCUT2D eigenvalue weighted by molar-refractivity contribution is 7.89. The van der Waals surface area contributed by atoms with Gasteiger partial charge in [0.15, 0.2) is 5.96 Å². The zero-order valence-corrected chi connectivity index (χ0v) is 17.3. The van der Waals surface area contributed by atoms with Crippen molar-refractivity contribution in [2.24, 2.45) is 10.9 Å². The topological polar surface area (TPSA) is 82.6 Å². The van der Waals surface area contributed by atoms with Crippen LogP contribution in [0.2, 0.25) is 0 Å². The van der Waals surface area contributed by atoms with Gasteiger partial charge in [0.1, 0.15) is 5.82 Å². The molecule has 0 spiro atoms. The number of aliphatic imine (C=N–C) groups is 1. The van der Waals surface area contributed by atoms with Crippen molar-refractivity contribution < 1.29 is 12.8 Å². The van der Waals surface area contributed by atoms with Crippen molar-refractivity contribution in [1.82, 2.24) is 15.4 Å². The van der Waals surface area contributed by atoms with Crippen molar-refractivity contribution in [3.05, 3.63) is 35.6 Å². The minimum atomic E-state index is -3.28. The second-order valence-corrected chi connectivity index (χ2v) is 9.80. The Morgan fingerprint density at radius 3 is 2.68 bits per heavy atom. The lowest BCUT2D eigenvalue weighted by Crippen LogP contribution is -2.42. The highest BCUT2D eigenvalue weighted by atomic mass is 32.2. The molecule has 2 fully saturated rings. The van der Waals surface area contributed by atoms with E-state index in [4.69, 9.17) is 0 Å². The molecule has 8 heteroatoms. The van der Waals surface area contributed by atoms with E-state index in [0.717, 1.165) is 31.2 Å². The highest BCUT2D eigenvalue weighted by Crippen LogP contribution is 2.48. The lowest BCUT2D eigenvalue weighted by molar-refractivity contribution is 0.316. The Labute approximate surface area is 167 Å². The summed E-state index contributed by atoms with van der Waals surface area (Å²) in [5.41, 5.74) is 0.885. The summed E-state index contributed by atoms with van der Waals surface area (Å²) >= 11 is 0. The van der Waals surface area contributed by atoms with E-state index < -0.39 is 10.0 Å². The number of hydrogen-bond donors (Lipinski definition) is 3. The van der Waals surface area contributed by atoms with Gasteiger partial charge in [0.05, 0.1) is 12.3 Å². The molecule has 0 unspecified atom stereocenters. The average molecular weight is 411 g/mol. The molecule has 2 aliphatic carbocycles. The number of nitrogens with one attached hydrogen (secondary N) is 3. The maximum absolute atomic E-state index is 13.5. The van der Waals surface area contributed by atoms with Gasteiger partial charge >= 0.3 is 0 Å². The molecule has 3 rings (SSSR count). The smallest absolute Gasteiger partial charge is 0.213 e. The Bertz CT molecular complexity index is 789. The van der Waals surface area contributed by atoms with Crippen LogP contribution in [-0.2, 0) is 15.4 Å².